The number of fused-ring (bicyclic) bond motifs is 1. The molecule has 0 aliphatic heterocycles. The minimum absolute atomic E-state index is 0.146. The fourth-order valence-electron chi connectivity index (χ4n) is 2.45. The van der Waals surface area contributed by atoms with Crippen LogP contribution in [0, 0.1) is 0 Å². The SMILES string of the molecule is Cn1c(O)c(N=NC(=O)Nc2ccccc2)c2cc(OC(F)(F)F)ccc21. The number of carbonyl (C=O) groups is 1. The fourth-order valence-corrected chi connectivity index (χ4v) is 2.45. The normalized spacial score (nSPS) is 11.9. The van der Waals surface area contributed by atoms with Crippen molar-refractivity contribution in [2.75, 3.05) is 5.32 Å². The maximum absolute atomic E-state index is 12.4. The molecule has 0 atom stereocenters. The third kappa shape index (κ3) is 4.17. The number of nitrogens with zero attached hydrogens (tertiary/aromatic N) is 3. The second-order valence-corrected chi connectivity index (χ2v) is 5.45. The first-order valence-electron chi connectivity index (χ1n) is 7.59. The van der Waals surface area contributed by atoms with Crippen molar-refractivity contribution in [3.05, 3.63) is 48.5 Å². The largest absolute Gasteiger partial charge is 0.573 e. The molecule has 10 heteroatoms. The summed E-state index contributed by atoms with van der Waals surface area (Å²) in [4.78, 5) is 11.9. The quantitative estimate of drug-likeness (QED) is 0.622. The van der Waals surface area contributed by atoms with E-state index < -0.39 is 18.1 Å². The number of urea groups is 1. The lowest BCUT2D eigenvalue weighted by atomic mass is 10.2. The van der Waals surface area contributed by atoms with Gasteiger partial charge in [0, 0.05) is 18.1 Å². The number of anilines is 1. The number of aromatic hydroxyl groups is 1. The van der Waals surface area contributed by atoms with E-state index in [1.165, 1.54) is 17.7 Å². The number of rotatable bonds is 3. The van der Waals surface area contributed by atoms with Crippen molar-refractivity contribution in [3.8, 4) is 11.6 Å². The highest BCUT2D eigenvalue weighted by Crippen LogP contribution is 2.40. The summed E-state index contributed by atoms with van der Waals surface area (Å²) < 4.78 is 42.4. The summed E-state index contributed by atoms with van der Waals surface area (Å²) in [5, 5.41) is 19.9. The van der Waals surface area contributed by atoms with E-state index in [1.54, 1.807) is 30.3 Å². The molecule has 0 unspecified atom stereocenters. The number of azo groups is 1. The number of nitrogens with one attached hydrogen (secondary N) is 1. The van der Waals surface area contributed by atoms with Crippen LogP contribution in [0.25, 0.3) is 10.9 Å². The molecule has 2 amide bonds. The van der Waals surface area contributed by atoms with Gasteiger partial charge in [-0.15, -0.1) is 18.3 Å². The molecule has 0 aliphatic carbocycles. The molecule has 0 radical (unpaired) electrons. The molecule has 3 aromatic rings. The number of hydrogen-bond donors (Lipinski definition) is 2. The van der Waals surface area contributed by atoms with Crippen molar-refractivity contribution in [2.24, 2.45) is 17.3 Å². The summed E-state index contributed by atoms with van der Waals surface area (Å²) in [5.74, 6) is -0.837. The van der Waals surface area contributed by atoms with Crippen LogP contribution in [-0.2, 0) is 7.05 Å². The molecule has 0 bridgehead atoms. The number of aromatic nitrogens is 1. The van der Waals surface area contributed by atoms with Gasteiger partial charge in [0.05, 0.1) is 5.52 Å². The summed E-state index contributed by atoms with van der Waals surface area (Å²) in [7, 11) is 1.49. The molecular formula is C17H13F3N4O3. The zero-order chi connectivity index (χ0) is 19.6. The third-order valence-electron chi connectivity index (χ3n) is 3.61. The summed E-state index contributed by atoms with van der Waals surface area (Å²) in [6, 6.07) is 11.2. The molecule has 1 heterocycles. The predicted molar refractivity (Wildman–Crippen MR) is 91.2 cm³/mol. The number of hydrogen-bond acceptors (Lipinski definition) is 4. The van der Waals surface area contributed by atoms with E-state index >= 15 is 0 Å². The van der Waals surface area contributed by atoms with E-state index in [4.69, 9.17) is 0 Å². The number of benzene rings is 2. The molecule has 2 N–H and O–H groups in total. The highest BCUT2D eigenvalue weighted by molar-refractivity contribution is 5.96. The van der Waals surface area contributed by atoms with Gasteiger partial charge in [0.15, 0.2) is 5.69 Å². The standard InChI is InChI=1S/C17H13F3N4O3/c1-24-13-8-7-11(27-17(18,19)20)9-12(13)14(15(24)25)22-23-16(26)21-10-5-3-2-4-6-10/h2-9,25H,1H3,(H,21,26). The number of halogens is 3. The Morgan fingerprint density at radius 1 is 1.19 bits per heavy atom. The third-order valence-corrected chi connectivity index (χ3v) is 3.61. The molecule has 3 rings (SSSR count). The fraction of sp³-hybridized carbons (Fsp3) is 0.118. The van der Waals surface area contributed by atoms with Crippen molar-refractivity contribution in [1.82, 2.24) is 4.57 Å². The molecule has 0 saturated heterocycles. The average Bonchev–Trinajstić information content (AvgIpc) is 2.83. The molecule has 2 aromatic carbocycles. The lowest BCUT2D eigenvalue weighted by molar-refractivity contribution is -0.274. The van der Waals surface area contributed by atoms with E-state index in [0.29, 0.717) is 11.2 Å². The van der Waals surface area contributed by atoms with Gasteiger partial charge in [-0.05, 0) is 30.3 Å². The van der Waals surface area contributed by atoms with Crippen molar-refractivity contribution < 1.29 is 27.8 Å². The van der Waals surface area contributed by atoms with Crippen molar-refractivity contribution in [3.63, 3.8) is 0 Å². The topological polar surface area (TPSA) is 88.2 Å². The lowest BCUT2D eigenvalue weighted by Crippen LogP contribution is -2.16. The molecule has 0 spiro atoms. The molecule has 0 fully saturated rings. The maximum atomic E-state index is 12.4. The van der Waals surface area contributed by atoms with Crippen molar-refractivity contribution >= 4 is 28.3 Å². The maximum Gasteiger partial charge on any atom is 0.573 e. The summed E-state index contributed by atoms with van der Waals surface area (Å²) in [6.07, 6.45) is -4.86. The van der Waals surface area contributed by atoms with Crippen LogP contribution in [-0.4, -0.2) is 22.1 Å². The highest BCUT2D eigenvalue weighted by atomic mass is 19.4. The van der Waals surface area contributed by atoms with Gasteiger partial charge in [0.25, 0.3) is 0 Å². The Bertz CT molecular complexity index is 1010. The van der Waals surface area contributed by atoms with E-state index in [2.05, 4.69) is 20.3 Å². The van der Waals surface area contributed by atoms with Crippen LogP contribution >= 0.6 is 0 Å². The minimum atomic E-state index is -4.86. The van der Waals surface area contributed by atoms with Crippen LogP contribution in [0.4, 0.5) is 29.3 Å². The second-order valence-electron chi connectivity index (χ2n) is 5.45. The second kappa shape index (κ2) is 6.98. The number of amides is 2. The highest BCUT2D eigenvalue weighted by Gasteiger charge is 2.31. The van der Waals surface area contributed by atoms with Crippen molar-refractivity contribution in [1.29, 1.82) is 0 Å². The van der Waals surface area contributed by atoms with Gasteiger partial charge in [-0.2, -0.15) is 0 Å². The van der Waals surface area contributed by atoms with E-state index in [-0.39, 0.29) is 17.0 Å². The average molecular weight is 378 g/mol. The molecule has 27 heavy (non-hydrogen) atoms. The van der Waals surface area contributed by atoms with Crippen LogP contribution in [0.2, 0.25) is 0 Å². The molecule has 0 saturated carbocycles. The zero-order valence-electron chi connectivity index (χ0n) is 13.9. The molecule has 1 aromatic heterocycles. The molecule has 140 valence electrons. The molecular weight excluding hydrogens is 365 g/mol. The Kier molecular flexibility index (Phi) is 4.72. The van der Waals surface area contributed by atoms with Crippen LogP contribution < -0.4 is 10.1 Å². The smallest absolute Gasteiger partial charge is 0.493 e. The van der Waals surface area contributed by atoms with E-state index in [0.717, 1.165) is 12.1 Å². The number of para-hydroxylation sites is 1. The Balaban J connectivity index is 1.91. The van der Waals surface area contributed by atoms with E-state index in [9.17, 15) is 23.1 Å². The first-order valence-corrected chi connectivity index (χ1v) is 7.59. The van der Waals surface area contributed by atoms with Crippen LogP contribution in [0.15, 0.2) is 58.8 Å². The number of aryl methyl sites for hydroxylation is 1. The van der Waals surface area contributed by atoms with E-state index in [1.807, 2.05) is 0 Å². The number of alkyl halides is 3. The van der Waals surface area contributed by atoms with Crippen molar-refractivity contribution in [2.45, 2.75) is 6.36 Å². The van der Waals surface area contributed by atoms with Crippen LogP contribution in [0.1, 0.15) is 0 Å². The minimum Gasteiger partial charge on any atom is -0.493 e. The van der Waals surface area contributed by atoms with Gasteiger partial charge in [-0.25, -0.2) is 4.79 Å². The Morgan fingerprint density at radius 3 is 2.56 bits per heavy atom. The summed E-state index contributed by atoms with van der Waals surface area (Å²) in [5.41, 5.74) is 0.729. The number of ether oxygens (including phenoxy) is 1. The van der Waals surface area contributed by atoms with Gasteiger partial charge in [0.2, 0.25) is 5.88 Å². The zero-order valence-corrected chi connectivity index (χ0v) is 13.9. The first-order chi connectivity index (χ1) is 12.7. The van der Waals surface area contributed by atoms with Gasteiger partial charge in [0.1, 0.15) is 5.75 Å². The summed E-state index contributed by atoms with van der Waals surface area (Å²) in [6.45, 7) is 0. The predicted octanol–water partition coefficient (Wildman–Crippen LogP) is 5.10. The van der Waals surface area contributed by atoms with Gasteiger partial charge in [-0.1, -0.05) is 23.3 Å². The molecule has 0 aliphatic rings. The van der Waals surface area contributed by atoms with Gasteiger partial charge in [-0.3, -0.25) is 0 Å². The first kappa shape index (κ1) is 18.2. The van der Waals surface area contributed by atoms with Gasteiger partial charge >= 0.3 is 12.4 Å². The molecule has 7 nitrogen and oxygen atoms in total. The Hall–Kier alpha value is -3.56. The summed E-state index contributed by atoms with van der Waals surface area (Å²) >= 11 is 0. The van der Waals surface area contributed by atoms with Crippen LogP contribution in [0.5, 0.6) is 11.6 Å². The monoisotopic (exact) mass is 378 g/mol. The lowest BCUT2D eigenvalue weighted by Gasteiger charge is -2.08. The Labute approximate surface area is 150 Å². The Morgan fingerprint density at radius 2 is 1.89 bits per heavy atom. The van der Waals surface area contributed by atoms with Gasteiger partial charge < -0.3 is 19.7 Å². The number of carbonyl (C=O) groups excluding carboxylic acids is 1. The van der Waals surface area contributed by atoms with Crippen LogP contribution in [0.3, 0.4) is 0 Å².